The molecular formula is C15H28N2O3. The zero-order chi connectivity index (χ0) is 14.5. The maximum absolute atomic E-state index is 12.7. The molecule has 1 aliphatic heterocycles. The number of amides is 1. The first-order chi connectivity index (χ1) is 9.63. The zero-order valence-corrected chi connectivity index (χ0v) is 12.5. The summed E-state index contributed by atoms with van der Waals surface area (Å²) in [6, 6.07) is 0. The molecule has 4 atom stereocenters. The molecule has 2 rings (SSSR count). The highest BCUT2D eigenvalue weighted by atomic mass is 16.5. The van der Waals surface area contributed by atoms with E-state index in [1.54, 1.807) is 0 Å². The van der Waals surface area contributed by atoms with Gasteiger partial charge in [0.05, 0.1) is 18.8 Å². The molecule has 1 aliphatic carbocycles. The molecule has 0 spiro atoms. The van der Waals surface area contributed by atoms with Gasteiger partial charge in [-0.2, -0.15) is 0 Å². The molecule has 2 fully saturated rings. The summed E-state index contributed by atoms with van der Waals surface area (Å²) >= 11 is 0. The van der Waals surface area contributed by atoms with Crippen molar-refractivity contribution in [2.75, 3.05) is 26.2 Å². The van der Waals surface area contributed by atoms with E-state index in [-0.39, 0.29) is 30.6 Å². The highest BCUT2D eigenvalue weighted by Crippen LogP contribution is 2.32. The van der Waals surface area contributed by atoms with Crippen LogP contribution in [0.3, 0.4) is 0 Å². The highest BCUT2D eigenvalue weighted by molar-refractivity contribution is 5.79. The Morgan fingerprint density at radius 3 is 2.90 bits per heavy atom. The number of hydrogen-bond donors (Lipinski definition) is 2. The maximum atomic E-state index is 12.7. The fraction of sp³-hybridized carbons (Fsp3) is 0.933. The number of morpholine rings is 1. The Morgan fingerprint density at radius 1 is 1.40 bits per heavy atom. The predicted octanol–water partition coefficient (Wildman–Crippen LogP) is 0.750. The van der Waals surface area contributed by atoms with Gasteiger partial charge >= 0.3 is 0 Å². The van der Waals surface area contributed by atoms with Crippen molar-refractivity contribution in [3.8, 4) is 0 Å². The molecule has 0 aromatic heterocycles. The summed E-state index contributed by atoms with van der Waals surface area (Å²) in [5.74, 6) is 1.00. The van der Waals surface area contributed by atoms with Crippen LogP contribution < -0.4 is 5.73 Å². The maximum Gasteiger partial charge on any atom is 0.225 e. The second-order valence-electron chi connectivity index (χ2n) is 6.30. The van der Waals surface area contributed by atoms with Gasteiger partial charge in [0, 0.05) is 19.0 Å². The first-order valence-electron chi connectivity index (χ1n) is 7.89. The van der Waals surface area contributed by atoms with Crippen LogP contribution in [0, 0.1) is 11.8 Å². The Kier molecular flexibility index (Phi) is 5.81. The van der Waals surface area contributed by atoms with Crippen molar-refractivity contribution in [2.45, 2.75) is 51.2 Å². The van der Waals surface area contributed by atoms with E-state index in [4.69, 9.17) is 10.5 Å². The van der Waals surface area contributed by atoms with Gasteiger partial charge < -0.3 is 20.5 Å². The molecule has 0 aromatic carbocycles. The Hall–Kier alpha value is -0.650. The van der Waals surface area contributed by atoms with E-state index in [1.165, 1.54) is 6.42 Å². The number of hydrogen-bond acceptors (Lipinski definition) is 4. The standard InChI is InChI=1S/C15H28N2O3/c1-11-8-17(9-14(10-18)20-11)15(19)13-4-2-3-12(7-13)5-6-16/h11-14,18H,2-10,16H2,1H3. The van der Waals surface area contributed by atoms with Crippen molar-refractivity contribution in [1.29, 1.82) is 0 Å². The minimum Gasteiger partial charge on any atom is -0.394 e. The van der Waals surface area contributed by atoms with Crippen molar-refractivity contribution >= 4 is 5.91 Å². The van der Waals surface area contributed by atoms with E-state index < -0.39 is 0 Å². The molecule has 1 saturated carbocycles. The lowest BCUT2D eigenvalue weighted by atomic mass is 9.79. The molecule has 20 heavy (non-hydrogen) atoms. The summed E-state index contributed by atoms with van der Waals surface area (Å²) in [6.07, 6.45) is 5.12. The number of aliphatic hydroxyl groups excluding tert-OH is 1. The van der Waals surface area contributed by atoms with E-state index in [0.717, 1.165) is 25.7 Å². The van der Waals surface area contributed by atoms with E-state index in [9.17, 15) is 9.90 Å². The van der Waals surface area contributed by atoms with Crippen LogP contribution in [0.2, 0.25) is 0 Å². The predicted molar refractivity (Wildman–Crippen MR) is 77.1 cm³/mol. The summed E-state index contributed by atoms with van der Waals surface area (Å²) in [5.41, 5.74) is 5.64. The molecule has 3 N–H and O–H groups in total. The summed E-state index contributed by atoms with van der Waals surface area (Å²) in [6.45, 7) is 3.83. The van der Waals surface area contributed by atoms with Gasteiger partial charge in [-0.05, 0) is 38.6 Å². The van der Waals surface area contributed by atoms with Crippen LogP contribution in [-0.2, 0) is 9.53 Å². The third kappa shape index (κ3) is 3.93. The zero-order valence-electron chi connectivity index (χ0n) is 12.5. The smallest absolute Gasteiger partial charge is 0.225 e. The molecule has 0 aromatic rings. The first-order valence-corrected chi connectivity index (χ1v) is 7.89. The summed E-state index contributed by atoms with van der Waals surface area (Å²) in [5, 5.41) is 9.25. The van der Waals surface area contributed by atoms with Gasteiger partial charge in [-0.15, -0.1) is 0 Å². The van der Waals surface area contributed by atoms with Gasteiger partial charge in [-0.1, -0.05) is 12.8 Å². The van der Waals surface area contributed by atoms with Crippen molar-refractivity contribution < 1.29 is 14.6 Å². The molecule has 5 nitrogen and oxygen atoms in total. The van der Waals surface area contributed by atoms with Gasteiger partial charge in [0.15, 0.2) is 0 Å². The van der Waals surface area contributed by atoms with Crippen LogP contribution in [-0.4, -0.2) is 54.4 Å². The molecule has 1 saturated heterocycles. The summed E-state index contributed by atoms with van der Waals surface area (Å²) in [4.78, 5) is 14.6. The highest BCUT2D eigenvalue weighted by Gasteiger charge is 2.34. The van der Waals surface area contributed by atoms with Crippen LogP contribution in [0.4, 0.5) is 0 Å². The largest absolute Gasteiger partial charge is 0.394 e. The van der Waals surface area contributed by atoms with Crippen LogP contribution >= 0.6 is 0 Å². The van der Waals surface area contributed by atoms with Gasteiger partial charge in [0.25, 0.3) is 0 Å². The molecule has 0 radical (unpaired) electrons. The monoisotopic (exact) mass is 284 g/mol. The van der Waals surface area contributed by atoms with Crippen LogP contribution in [0.5, 0.6) is 0 Å². The summed E-state index contributed by atoms with van der Waals surface area (Å²) in [7, 11) is 0. The molecule has 0 bridgehead atoms. The number of carbonyl (C=O) groups is 1. The van der Waals surface area contributed by atoms with E-state index >= 15 is 0 Å². The fourth-order valence-electron chi connectivity index (χ4n) is 3.60. The molecule has 4 unspecified atom stereocenters. The van der Waals surface area contributed by atoms with Gasteiger partial charge in [-0.3, -0.25) is 4.79 Å². The number of nitrogens with zero attached hydrogens (tertiary/aromatic N) is 1. The average Bonchev–Trinajstić information content (AvgIpc) is 2.46. The molecule has 2 aliphatic rings. The molecule has 116 valence electrons. The number of carbonyl (C=O) groups excluding carboxylic acids is 1. The van der Waals surface area contributed by atoms with Gasteiger partial charge in [-0.25, -0.2) is 0 Å². The number of ether oxygens (including phenoxy) is 1. The normalized spacial score (nSPS) is 35.0. The number of aliphatic hydroxyl groups is 1. The lowest BCUT2D eigenvalue weighted by molar-refractivity contribution is -0.152. The van der Waals surface area contributed by atoms with E-state index in [2.05, 4.69) is 0 Å². The first kappa shape index (κ1) is 15.7. The van der Waals surface area contributed by atoms with Crippen molar-refractivity contribution in [1.82, 2.24) is 4.90 Å². The lowest BCUT2D eigenvalue weighted by Gasteiger charge is -2.39. The fourth-order valence-corrected chi connectivity index (χ4v) is 3.60. The average molecular weight is 284 g/mol. The SMILES string of the molecule is CC1CN(C(=O)C2CCCC(CCN)C2)CC(CO)O1. The van der Waals surface area contributed by atoms with Crippen molar-refractivity contribution in [2.24, 2.45) is 17.6 Å². The number of nitrogens with two attached hydrogens (primary N) is 1. The van der Waals surface area contributed by atoms with Crippen molar-refractivity contribution in [3.05, 3.63) is 0 Å². The Morgan fingerprint density at radius 2 is 2.20 bits per heavy atom. The molecular weight excluding hydrogens is 256 g/mol. The molecule has 5 heteroatoms. The molecule has 1 heterocycles. The number of rotatable bonds is 4. The van der Waals surface area contributed by atoms with E-state index in [1.807, 2.05) is 11.8 Å². The van der Waals surface area contributed by atoms with E-state index in [0.29, 0.717) is 25.6 Å². The third-order valence-electron chi connectivity index (χ3n) is 4.55. The van der Waals surface area contributed by atoms with Crippen molar-refractivity contribution in [3.63, 3.8) is 0 Å². The Labute approximate surface area is 121 Å². The minimum absolute atomic E-state index is 0.00767. The topological polar surface area (TPSA) is 75.8 Å². The summed E-state index contributed by atoms with van der Waals surface area (Å²) < 4.78 is 5.60. The van der Waals surface area contributed by atoms with Crippen LogP contribution in [0.15, 0.2) is 0 Å². The van der Waals surface area contributed by atoms with Crippen LogP contribution in [0.25, 0.3) is 0 Å². The van der Waals surface area contributed by atoms with Gasteiger partial charge in [0.1, 0.15) is 0 Å². The second kappa shape index (κ2) is 7.38. The third-order valence-corrected chi connectivity index (χ3v) is 4.55. The lowest BCUT2D eigenvalue weighted by Crippen LogP contribution is -2.52. The Bertz CT molecular complexity index is 322. The van der Waals surface area contributed by atoms with Gasteiger partial charge in [0.2, 0.25) is 5.91 Å². The molecule has 1 amide bonds. The second-order valence-corrected chi connectivity index (χ2v) is 6.30. The minimum atomic E-state index is -0.230. The van der Waals surface area contributed by atoms with Crippen LogP contribution in [0.1, 0.15) is 39.0 Å². The quantitative estimate of drug-likeness (QED) is 0.799. The Balaban J connectivity index is 1.92.